The topological polar surface area (TPSA) is 165 Å². The molecule has 1 aliphatic heterocycles. The number of hydrogen-bond donors (Lipinski definition) is 5. The maximum absolute atomic E-state index is 11.1. The van der Waals surface area contributed by atoms with Crippen molar-refractivity contribution in [2.45, 2.75) is 30.8 Å². The summed E-state index contributed by atoms with van der Waals surface area (Å²) >= 11 is 0. The van der Waals surface area contributed by atoms with Gasteiger partial charge in [-0.15, -0.1) is 0 Å². The molecule has 1 rings (SSSR count). The largest absolute Gasteiger partial charge is 0.480 e. The first-order chi connectivity index (χ1) is 9.81. The predicted molar refractivity (Wildman–Crippen MR) is 69.8 cm³/mol. The van der Waals surface area contributed by atoms with Gasteiger partial charge in [-0.3, -0.25) is 4.79 Å². The highest BCUT2D eigenvalue weighted by atomic mass is 16.6. The third-order valence-corrected chi connectivity index (χ3v) is 3.33. The summed E-state index contributed by atoms with van der Waals surface area (Å²) in [4.78, 5) is 22.2. The Balaban J connectivity index is 3.11. The van der Waals surface area contributed by atoms with E-state index in [4.69, 9.17) is 31.2 Å². The number of carbonyl (C=O) groups excluding carboxylic acids is 1. The Morgan fingerprint density at radius 1 is 1.52 bits per heavy atom. The van der Waals surface area contributed by atoms with Crippen LogP contribution in [0.4, 0.5) is 0 Å². The fourth-order valence-electron chi connectivity index (χ4n) is 2.32. The monoisotopic (exact) mass is 304 g/mol. The molecule has 0 aromatic carbocycles. The number of aliphatic hydroxyl groups is 2. The fraction of sp³-hybridized carbons (Fsp3) is 0.667. The van der Waals surface area contributed by atoms with E-state index in [0.29, 0.717) is 0 Å². The zero-order chi connectivity index (χ0) is 16.2. The molecule has 1 unspecified atom stereocenters. The minimum Gasteiger partial charge on any atom is -0.480 e. The second-order valence-electron chi connectivity index (χ2n) is 4.78. The first kappa shape index (κ1) is 17.4. The molecule has 1 heterocycles. The van der Waals surface area contributed by atoms with Crippen LogP contribution >= 0.6 is 0 Å². The number of ether oxygens (including phenoxy) is 2. The first-order valence-electron chi connectivity index (χ1n) is 6.29. The van der Waals surface area contributed by atoms with Gasteiger partial charge in [0.1, 0.15) is 18.3 Å². The average molecular weight is 304 g/mol. The molecule has 9 nitrogen and oxygen atoms in total. The number of hydrogen-bond acceptors (Lipinski definition) is 7. The van der Waals surface area contributed by atoms with Crippen molar-refractivity contribution in [1.29, 1.82) is 0 Å². The molecule has 0 fully saturated rings. The van der Waals surface area contributed by atoms with Crippen molar-refractivity contribution in [3.05, 3.63) is 11.8 Å². The van der Waals surface area contributed by atoms with Crippen molar-refractivity contribution in [2.24, 2.45) is 17.4 Å². The molecule has 5 atom stereocenters. The summed E-state index contributed by atoms with van der Waals surface area (Å²) < 4.78 is 10.4. The lowest BCUT2D eigenvalue weighted by Gasteiger charge is -2.39. The van der Waals surface area contributed by atoms with Crippen molar-refractivity contribution >= 4 is 11.9 Å². The molecule has 21 heavy (non-hydrogen) atoms. The zero-order valence-electron chi connectivity index (χ0n) is 11.5. The third kappa shape index (κ3) is 4.14. The second-order valence-corrected chi connectivity index (χ2v) is 4.78. The van der Waals surface area contributed by atoms with Crippen LogP contribution in [-0.4, -0.2) is 65.3 Å². The Morgan fingerprint density at radius 2 is 2.14 bits per heavy atom. The summed E-state index contributed by atoms with van der Waals surface area (Å²) in [7, 11) is 1.26. The summed E-state index contributed by atoms with van der Waals surface area (Å²) in [6.07, 6.45) is -2.42. The number of carboxylic acids is 1. The minimum absolute atomic E-state index is 0.173. The average Bonchev–Trinajstić information content (AvgIpc) is 2.41. The lowest BCUT2D eigenvalue weighted by molar-refractivity contribution is -0.152. The molecule has 0 bridgehead atoms. The van der Waals surface area contributed by atoms with E-state index in [2.05, 4.69) is 0 Å². The van der Waals surface area contributed by atoms with Gasteiger partial charge in [-0.1, -0.05) is 0 Å². The maximum Gasteiger partial charge on any atom is 0.370 e. The van der Waals surface area contributed by atoms with Gasteiger partial charge in [-0.2, -0.15) is 0 Å². The van der Waals surface area contributed by atoms with Gasteiger partial charge in [-0.25, -0.2) is 4.79 Å². The molecule has 1 amide bonds. The second kappa shape index (κ2) is 7.36. The first-order valence-corrected chi connectivity index (χ1v) is 6.29. The molecule has 120 valence electrons. The van der Waals surface area contributed by atoms with Gasteiger partial charge in [0.15, 0.2) is 0 Å². The highest BCUT2D eigenvalue weighted by molar-refractivity contribution is 5.84. The van der Waals surface area contributed by atoms with Crippen LogP contribution in [0.5, 0.6) is 0 Å². The third-order valence-electron chi connectivity index (χ3n) is 3.33. The van der Waals surface area contributed by atoms with E-state index < -0.39 is 54.5 Å². The van der Waals surface area contributed by atoms with Crippen molar-refractivity contribution in [3.63, 3.8) is 0 Å². The lowest BCUT2D eigenvalue weighted by Crippen LogP contribution is -2.54. The summed E-state index contributed by atoms with van der Waals surface area (Å²) in [5, 5.41) is 27.8. The Hall–Kier alpha value is -1.68. The van der Waals surface area contributed by atoms with Crippen molar-refractivity contribution < 1.29 is 34.4 Å². The van der Waals surface area contributed by atoms with Crippen LogP contribution in [0.1, 0.15) is 6.42 Å². The van der Waals surface area contributed by atoms with Crippen LogP contribution in [0.15, 0.2) is 11.8 Å². The number of aliphatic hydroxyl groups excluding tert-OH is 2. The van der Waals surface area contributed by atoms with Crippen LogP contribution in [0.25, 0.3) is 0 Å². The molecule has 0 radical (unpaired) electrons. The number of carbonyl (C=O) groups is 2. The number of primary amides is 1. The van der Waals surface area contributed by atoms with Crippen molar-refractivity contribution in [2.75, 3.05) is 13.7 Å². The fourth-order valence-corrected chi connectivity index (χ4v) is 2.32. The molecule has 0 spiro atoms. The van der Waals surface area contributed by atoms with Gasteiger partial charge in [0.2, 0.25) is 11.7 Å². The molecule has 0 aromatic rings. The van der Waals surface area contributed by atoms with E-state index in [1.165, 1.54) is 13.2 Å². The Bertz CT molecular complexity index is 426. The number of methoxy groups -OCH3 is 1. The van der Waals surface area contributed by atoms with Crippen LogP contribution in [-0.2, 0) is 19.1 Å². The lowest BCUT2D eigenvalue weighted by atomic mass is 9.84. The van der Waals surface area contributed by atoms with Crippen LogP contribution in [0.2, 0.25) is 0 Å². The van der Waals surface area contributed by atoms with Gasteiger partial charge in [-0.05, 0) is 6.08 Å². The molecule has 0 saturated carbocycles. The van der Waals surface area contributed by atoms with E-state index in [0.717, 1.165) is 0 Å². The normalized spacial score (nSPS) is 28.2. The van der Waals surface area contributed by atoms with Crippen LogP contribution < -0.4 is 11.5 Å². The smallest absolute Gasteiger partial charge is 0.370 e. The molecule has 0 saturated heterocycles. The Morgan fingerprint density at radius 3 is 2.57 bits per heavy atom. The van der Waals surface area contributed by atoms with E-state index in [9.17, 15) is 14.7 Å². The number of rotatable bonds is 7. The Labute approximate surface area is 121 Å². The van der Waals surface area contributed by atoms with Crippen LogP contribution in [0, 0.1) is 5.92 Å². The highest BCUT2D eigenvalue weighted by Crippen LogP contribution is 2.30. The number of aliphatic carboxylic acids is 1. The Kier molecular flexibility index (Phi) is 6.09. The predicted octanol–water partition coefficient (Wildman–Crippen LogP) is -2.46. The van der Waals surface area contributed by atoms with E-state index >= 15 is 0 Å². The minimum atomic E-state index is -1.33. The van der Waals surface area contributed by atoms with E-state index in [1.807, 2.05) is 0 Å². The number of carboxylic acid groups (broad SMARTS) is 1. The van der Waals surface area contributed by atoms with Gasteiger partial charge in [0.25, 0.3) is 0 Å². The molecule has 0 aromatic heterocycles. The van der Waals surface area contributed by atoms with Crippen LogP contribution in [0.3, 0.4) is 0 Å². The SMILES string of the molecule is COC([C@H](O)CO)[C@@H]1OC(C(=O)O)=C[C@@H](N)[C@H]1CC(N)=O. The molecule has 9 heteroatoms. The summed E-state index contributed by atoms with van der Waals surface area (Å²) in [6, 6.07) is -0.814. The maximum atomic E-state index is 11.1. The summed E-state index contributed by atoms with van der Waals surface area (Å²) in [5.41, 5.74) is 11.0. The standard InChI is InChI=1S/C12H20N2O7/c1-20-11(7(16)4-15)10-5(2-9(14)17)6(13)3-8(21-10)12(18)19/h3,5-7,10-11,15-16H,2,4,13H2,1H3,(H2,14,17)(H,18,19)/t5-,6-,7-,10-,11?/m1/s1. The van der Waals surface area contributed by atoms with Gasteiger partial charge in [0.05, 0.1) is 6.61 Å². The quantitative estimate of drug-likeness (QED) is 0.345. The summed E-state index contributed by atoms with van der Waals surface area (Å²) in [5.74, 6) is -3.07. The molecule has 1 aliphatic rings. The van der Waals surface area contributed by atoms with Gasteiger partial charge in [0, 0.05) is 25.5 Å². The molecular formula is C12H20N2O7. The van der Waals surface area contributed by atoms with E-state index in [1.54, 1.807) is 0 Å². The zero-order valence-corrected chi connectivity index (χ0v) is 11.5. The van der Waals surface area contributed by atoms with Crippen molar-refractivity contribution in [3.8, 4) is 0 Å². The molecule has 0 aliphatic carbocycles. The molecular weight excluding hydrogens is 284 g/mol. The van der Waals surface area contributed by atoms with E-state index in [-0.39, 0.29) is 6.42 Å². The van der Waals surface area contributed by atoms with Gasteiger partial charge >= 0.3 is 5.97 Å². The van der Waals surface area contributed by atoms with Gasteiger partial charge < -0.3 is 36.3 Å². The summed E-state index contributed by atoms with van der Waals surface area (Å²) in [6.45, 7) is -0.622. The number of nitrogens with two attached hydrogens (primary N) is 2. The highest BCUT2D eigenvalue weighted by Gasteiger charge is 2.43. The molecule has 7 N–H and O–H groups in total. The number of amides is 1. The van der Waals surface area contributed by atoms with Crippen molar-refractivity contribution in [1.82, 2.24) is 0 Å².